The summed E-state index contributed by atoms with van der Waals surface area (Å²) < 4.78 is 29.0. The van der Waals surface area contributed by atoms with Crippen molar-refractivity contribution >= 4 is 32.7 Å². The Bertz CT molecular complexity index is 1340. The number of guanidine groups is 2. The molecule has 2 aromatic rings. The molecule has 1 aliphatic heterocycles. The van der Waals surface area contributed by atoms with Crippen LogP contribution in [0.5, 0.6) is 0 Å². The highest BCUT2D eigenvalue weighted by molar-refractivity contribution is 7.89. The molecule has 1 unspecified atom stereocenters. The number of aliphatic imine (C=N–C) groups is 2. The number of rotatable bonds is 9. The van der Waals surface area contributed by atoms with E-state index in [0.717, 1.165) is 61.7 Å². The Hall–Kier alpha value is -3.11. The van der Waals surface area contributed by atoms with Crippen LogP contribution in [0.25, 0.3) is 10.8 Å². The lowest BCUT2D eigenvalue weighted by atomic mass is 9.82. The number of nitrogens with one attached hydrogen (secondary N) is 3. The molecule has 1 saturated heterocycles. The molecular formula is C31H47N7O2S. The van der Waals surface area contributed by atoms with E-state index in [4.69, 9.17) is 5.73 Å². The molecule has 2 aromatic carbocycles. The summed E-state index contributed by atoms with van der Waals surface area (Å²) in [6.45, 7) is 12.6. The zero-order chi connectivity index (χ0) is 29.4. The first-order valence-corrected chi connectivity index (χ1v) is 16.5. The van der Waals surface area contributed by atoms with Crippen molar-refractivity contribution in [3.05, 3.63) is 54.9 Å². The van der Waals surface area contributed by atoms with Crippen LogP contribution in [0.2, 0.25) is 0 Å². The fraction of sp³-hybridized carbons (Fsp3) is 0.548. The first-order chi connectivity index (χ1) is 19.6. The molecule has 0 aromatic heterocycles. The quantitative estimate of drug-likeness (QED) is 0.255. The molecule has 41 heavy (non-hydrogen) atoms. The Labute approximate surface area is 245 Å². The molecule has 2 aliphatic rings. The van der Waals surface area contributed by atoms with E-state index in [0.29, 0.717) is 47.8 Å². The number of fused-ring (bicyclic) bond motifs is 1. The largest absolute Gasteiger partial charge is 0.370 e. The van der Waals surface area contributed by atoms with Crippen LogP contribution in [-0.4, -0.2) is 57.0 Å². The van der Waals surface area contributed by atoms with Gasteiger partial charge in [-0.05, 0) is 89.0 Å². The van der Waals surface area contributed by atoms with Gasteiger partial charge in [0.25, 0.3) is 0 Å². The van der Waals surface area contributed by atoms with Crippen LogP contribution in [0.15, 0.2) is 69.7 Å². The SMILES string of the molecule is C=C(NC(=NC(C)C)NC(N)=NCC1CCC(CNS(=O)(=O)c2cccc3ccccc23)CC1)N1CCCCC1C. The van der Waals surface area contributed by atoms with Crippen LogP contribution in [0.3, 0.4) is 0 Å². The molecule has 10 heteroatoms. The summed E-state index contributed by atoms with van der Waals surface area (Å²) in [6, 6.07) is 13.5. The van der Waals surface area contributed by atoms with Crippen molar-refractivity contribution in [2.75, 3.05) is 19.6 Å². The van der Waals surface area contributed by atoms with Gasteiger partial charge >= 0.3 is 0 Å². The van der Waals surface area contributed by atoms with Crippen molar-refractivity contribution in [1.29, 1.82) is 0 Å². The number of benzene rings is 2. The Morgan fingerprint density at radius 1 is 1.02 bits per heavy atom. The van der Waals surface area contributed by atoms with Gasteiger partial charge in [0.2, 0.25) is 16.0 Å². The summed E-state index contributed by atoms with van der Waals surface area (Å²) >= 11 is 0. The van der Waals surface area contributed by atoms with Gasteiger partial charge in [0.1, 0.15) is 5.82 Å². The molecule has 5 N–H and O–H groups in total. The molecule has 9 nitrogen and oxygen atoms in total. The summed E-state index contributed by atoms with van der Waals surface area (Å²) in [4.78, 5) is 11.9. The average Bonchev–Trinajstić information content (AvgIpc) is 2.95. The minimum atomic E-state index is -3.58. The van der Waals surface area contributed by atoms with Crippen LogP contribution >= 0.6 is 0 Å². The zero-order valence-electron chi connectivity index (χ0n) is 24.8. The van der Waals surface area contributed by atoms with Crippen LogP contribution in [0, 0.1) is 11.8 Å². The van der Waals surface area contributed by atoms with E-state index < -0.39 is 10.0 Å². The maximum atomic E-state index is 13.1. The predicted octanol–water partition coefficient (Wildman–Crippen LogP) is 4.53. The lowest BCUT2D eigenvalue weighted by Crippen LogP contribution is -2.49. The summed E-state index contributed by atoms with van der Waals surface area (Å²) in [5.74, 6) is 2.45. The molecular weight excluding hydrogens is 534 g/mol. The van der Waals surface area contributed by atoms with E-state index in [2.05, 4.69) is 43.7 Å². The van der Waals surface area contributed by atoms with Crippen molar-refractivity contribution in [2.45, 2.75) is 82.7 Å². The number of hydrogen-bond donors (Lipinski definition) is 4. The van der Waals surface area contributed by atoms with Crippen LogP contribution in [-0.2, 0) is 10.0 Å². The van der Waals surface area contributed by atoms with E-state index >= 15 is 0 Å². The fourth-order valence-electron chi connectivity index (χ4n) is 5.80. The average molecular weight is 582 g/mol. The minimum absolute atomic E-state index is 0.0812. The van der Waals surface area contributed by atoms with Gasteiger partial charge < -0.3 is 16.0 Å². The van der Waals surface area contributed by atoms with Gasteiger partial charge in [-0.3, -0.25) is 10.3 Å². The smallest absolute Gasteiger partial charge is 0.241 e. The maximum absolute atomic E-state index is 13.1. The number of sulfonamides is 1. The zero-order valence-corrected chi connectivity index (χ0v) is 25.6. The second-order valence-corrected chi connectivity index (χ2v) is 13.5. The lowest BCUT2D eigenvalue weighted by molar-refractivity contribution is 0.202. The molecule has 2 fully saturated rings. The van der Waals surface area contributed by atoms with E-state index in [1.165, 1.54) is 6.42 Å². The molecule has 1 heterocycles. The summed E-state index contributed by atoms with van der Waals surface area (Å²) in [7, 11) is -3.58. The number of nitrogens with two attached hydrogens (primary N) is 1. The standard InChI is InChI=1S/C31H47N7O2S/c1-22(2)35-31(36-24(4)38-19-8-7-10-23(38)3)37-30(32)33-20-25-15-17-26(18-16-25)21-34-41(39,40)29-14-9-12-27-11-5-6-13-28(27)29/h5-6,9,11-14,22-23,25-26,34H,4,7-8,10,15-21H2,1-3H3,(H4,32,33,35,36,37). The van der Waals surface area contributed by atoms with Gasteiger partial charge in [-0.1, -0.05) is 43.0 Å². The van der Waals surface area contributed by atoms with Crippen molar-refractivity contribution in [3.8, 4) is 0 Å². The van der Waals surface area contributed by atoms with Crippen LogP contribution in [0.4, 0.5) is 0 Å². The van der Waals surface area contributed by atoms with E-state index in [1.807, 2.05) is 44.2 Å². The lowest BCUT2D eigenvalue weighted by Gasteiger charge is -2.37. The van der Waals surface area contributed by atoms with Gasteiger partial charge in [-0.25, -0.2) is 18.1 Å². The maximum Gasteiger partial charge on any atom is 0.241 e. The topological polar surface area (TPSA) is 124 Å². The highest BCUT2D eigenvalue weighted by atomic mass is 32.2. The molecule has 1 saturated carbocycles. The van der Waals surface area contributed by atoms with Crippen molar-refractivity contribution in [2.24, 2.45) is 27.6 Å². The Morgan fingerprint density at radius 3 is 2.46 bits per heavy atom. The van der Waals surface area contributed by atoms with Crippen molar-refractivity contribution in [1.82, 2.24) is 20.3 Å². The molecule has 1 aliphatic carbocycles. The molecule has 1 atom stereocenters. The number of hydrogen-bond acceptors (Lipinski definition) is 5. The van der Waals surface area contributed by atoms with Crippen LogP contribution in [0.1, 0.15) is 65.7 Å². The van der Waals surface area contributed by atoms with E-state index in [-0.39, 0.29) is 6.04 Å². The number of likely N-dealkylation sites (tertiary alicyclic amines) is 1. The van der Waals surface area contributed by atoms with Gasteiger partial charge in [0.05, 0.1) is 4.90 Å². The highest BCUT2D eigenvalue weighted by Crippen LogP contribution is 2.29. The van der Waals surface area contributed by atoms with Gasteiger partial charge in [-0.2, -0.15) is 0 Å². The van der Waals surface area contributed by atoms with Crippen LogP contribution < -0.4 is 21.1 Å². The van der Waals surface area contributed by atoms with Gasteiger partial charge in [-0.15, -0.1) is 0 Å². The molecule has 0 spiro atoms. The second-order valence-electron chi connectivity index (χ2n) is 11.7. The molecule has 224 valence electrons. The Morgan fingerprint density at radius 2 is 1.73 bits per heavy atom. The highest BCUT2D eigenvalue weighted by Gasteiger charge is 2.24. The fourth-order valence-corrected chi connectivity index (χ4v) is 7.15. The third-order valence-electron chi connectivity index (χ3n) is 8.13. The van der Waals surface area contributed by atoms with E-state index in [9.17, 15) is 8.42 Å². The molecule has 0 bridgehead atoms. The predicted molar refractivity (Wildman–Crippen MR) is 169 cm³/mol. The number of nitrogens with zero attached hydrogens (tertiary/aromatic N) is 3. The monoisotopic (exact) mass is 581 g/mol. The van der Waals surface area contributed by atoms with Crippen molar-refractivity contribution < 1.29 is 8.42 Å². The first-order valence-electron chi connectivity index (χ1n) is 15.0. The van der Waals surface area contributed by atoms with E-state index in [1.54, 1.807) is 12.1 Å². The summed E-state index contributed by atoms with van der Waals surface area (Å²) in [6.07, 6.45) is 7.47. The third-order valence-corrected chi connectivity index (χ3v) is 9.62. The molecule has 0 radical (unpaired) electrons. The Balaban J connectivity index is 1.25. The first kappa shape index (κ1) is 30.8. The van der Waals surface area contributed by atoms with Crippen molar-refractivity contribution in [3.63, 3.8) is 0 Å². The summed E-state index contributed by atoms with van der Waals surface area (Å²) in [5, 5.41) is 8.14. The molecule has 0 amide bonds. The second kappa shape index (κ2) is 14.2. The minimum Gasteiger partial charge on any atom is -0.370 e. The van der Waals surface area contributed by atoms with Gasteiger partial charge in [0, 0.05) is 37.1 Å². The van der Waals surface area contributed by atoms with Gasteiger partial charge in [0.15, 0.2) is 5.96 Å². The normalized spacial score (nSPS) is 22.6. The Kier molecular flexibility index (Phi) is 10.7. The molecule has 4 rings (SSSR count). The summed E-state index contributed by atoms with van der Waals surface area (Å²) in [5.41, 5.74) is 6.26. The third kappa shape index (κ3) is 8.69. The number of piperidine rings is 1.